The summed E-state index contributed by atoms with van der Waals surface area (Å²) < 4.78 is 56.7. The van der Waals surface area contributed by atoms with Crippen LogP contribution in [0.5, 0.6) is 0 Å². The van der Waals surface area contributed by atoms with E-state index in [1.807, 2.05) is 6.07 Å². The largest absolute Gasteiger partial charge is 0.368 e. The molecule has 4 aromatic rings. The standard InChI is InChI=1S/C24H21F4N7/c1-13-8-17(23(27)28)16-9-14(10-18(25)22(16)32-13)21-19(26)12-31-24(34-21)33-20-3-2-15(11-30-20)35-6-4-29-5-7-35/h2-3,8-12,23,29H,4-7H2,1H3,(H,30,31,33,34). The summed E-state index contributed by atoms with van der Waals surface area (Å²) in [6.07, 6.45) is -0.197. The number of nitrogens with zero attached hydrogens (tertiary/aromatic N) is 5. The summed E-state index contributed by atoms with van der Waals surface area (Å²) in [6, 6.07) is 7.14. The van der Waals surface area contributed by atoms with Gasteiger partial charge in [0, 0.05) is 48.4 Å². The lowest BCUT2D eigenvalue weighted by molar-refractivity contribution is 0.153. The number of fused-ring (bicyclic) bond motifs is 1. The Hall–Kier alpha value is -3.86. The molecule has 0 bridgehead atoms. The number of aryl methyl sites for hydroxylation is 1. The second kappa shape index (κ2) is 9.41. The molecule has 0 radical (unpaired) electrons. The van der Waals surface area contributed by atoms with Gasteiger partial charge in [-0.05, 0) is 37.3 Å². The van der Waals surface area contributed by atoms with Gasteiger partial charge in [0.2, 0.25) is 5.95 Å². The van der Waals surface area contributed by atoms with Crippen LogP contribution in [0, 0.1) is 18.6 Å². The molecule has 11 heteroatoms. The Labute approximate surface area is 198 Å². The molecule has 0 amide bonds. The van der Waals surface area contributed by atoms with Crippen LogP contribution in [-0.2, 0) is 0 Å². The first-order chi connectivity index (χ1) is 16.9. The third-order valence-electron chi connectivity index (χ3n) is 5.75. The molecule has 0 saturated carbocycles. The molecule has 0 aliphatic carbocycles. The van der Waals surface area contributed by atoms with Crippen LogP contribution in [0.3, 0.4) is 0 Å². The van der Waals surface area contributed by atoms with E-state index in [1.165, 1.54) is 19.1 Å². The van der Waals surface area contributed by atoms with Gasteiger partial charge in [-0.1, -0.05) is 0 Å². The average Bonchev–Trinajstić information content (AvgIpc) is 2.86. The molecule has 1 fully saturated rings. The van der Waals surface area contributed by atoms with Crippen molar-refractivity contribution in [2.45, 2.75) is 13.3 Å². The molecule has 5 rings (SSSR count). The van der Waals surface area contributed by atoms with Crippen molar-refractivity contribution < 1.29 is 17.6 Å². The minimum atomic E-state index is -2.85. The molecule has 0 unspecified atom stereocenters. The van der Waals surface area contributed by atoms with Gasteiger partial charge in [0.1, 0.15) is 22.8 Å². The number of pyridine rings is 2. The van der Waals surface area contributed by atoms with Gasteiger partial charge < -0.3 is 15.5 Å². The first-order valence-corrected chi connectivity index (χ1v) is 11.0. The second-order valence-corrected chi connectivity index (χ2v) is 8.16. The van der Waals surface area contributed by atoms with Crippen molar-refractivity contribution in [2.75, 3.05) is 36.4 Å². The van der Waals surface area contributed by atoms with Crippen LogP contribution in [0.25, 0.3) is 22.2 Å². The van der Waals surface area contributed by atoms with Crippen molar-refractivity contribution in [3.63, 3.8) is 0 Å². The fraction of sp³-hybridized carbons (Fsp3) is 0.250. The molecule has 1 aliphatic rings. The van der Waals surface area contributed by atoms with Crippen LogP contribution in [0.2, 0.25) is 0 Å². The summed E-state index contributed by atoms with van der Waals surface area (Å²) in [4.78, 5) is 18.7. The summed E-state index contributed by atoms with van der Waals surface area (Å²) in [5, 5.41) is 6.09. The highest BCUT2D eigenvalue weighted by Crippen LogP contribution is 2.33. The Bertz CT molecular complexity index is 1370. The fourth-order valence-electron chi connectivity index (χ4n) is 4.08. The monoisotopic (exact) mass is 483 g/mol. The van der Waals surface area contributed by atoms with Crippen molar-refractivity contribution in [3.8, 4) is 11.3 Å². The maximum absolute atomic E-state index is 14.8. The maximum atomic E-state index is 14.8. The number of hydrogen-bond donors (Lipinski definition) is 2. The van der Waals surface area contributed by atoms with E-state index in [-0.39, 0.29) is 39.4 Å². The molecule has 4 heterocycles. The number of hydrogen-bond acceptors (Lipinski definition) is 7. The summed E-state index contributed by atoms with van der Waals surface area (Å²) in [6.45, 7) is 5.06. The minimum absolute atomic E-state index is 0.00693. The van der Waals surface area contributed by atoms with E-state index in [9.17, 15) is 17.6 Å². The van der Waals surface area contributed by atoms with Crippen molar-refractivity contribution in [2.24, 2.45) is 0 Å². The van der Waals surface area contributed by atoms with E-state index < -0.39 is 18.1 Å². The van der Waals surface area contributed by atoms with Crippen LogP contribution >= 0.6 is 0 Å². The lowest BCUT2D eigenvalue weighted by Crippen LogP contribution is -2.43. The molecular weight excluding hydrogens is 462 g/mol. The predicted octanol–water partition coefficient (Wildman–Crippen LogP) is 4.76. The Morgan fingerprint density at radius 2 is 1.77 bits per heavy atom. The van der Waals surface area contributed by atoms with E-state index in [0.717, 1.165) is 44.1 Å². The number of halogens is 4. The molecule has 7 nitrogen and oxygen atoms in total. The quantitative estimate of drug-likeness (QED) is 0.396. The molecule has 1 aliphatic heterocycles. The summed E-state index contributed by atoms with van der Waals surface area (Å²) in [5.41, 5.74) is 0.409. The number of piperazine rings is 1. The lowest BCUT2D eigenvalue weighted by Gasteiger charge is -2.29. The SMILES string of the molecule is Cc1cc(C(F)F)c2cc(-c3nc(Nc4ccc(N5CCNCC5)cn4)ncc3F)cc(F)c2n1. The van der Waals surface area contributed by atoms with E-state index in [1.54, 1.807) is 12.3 Å². The van der Waals surface area contributed by atoms with Crippen molar-refractivity contribution in [3.05, 3.63) is 65.6 Å². The number of aromatic nitrogens is 4. The van der Waals surface area contributed by atoms with Crippen molar-refractivity contribution in [1.82, 2.24) is 25.3 Å². The third kappa shape index (κ3) is 4.72. The Kier molecular flexibility index (Phi) is 6.16. The Morgan fingerprint density at radius 3 is 2.49 bits per heavy atom. The van der Waals surface area contributed by atoms with Crippen LogP contribution in [0.1, 0.15) is 17.7 Å². The number of alkyl halides is 2. The highest BCUT2D eigenvalue weighted by Gasteiger charge is 2.19. The van der Waals surface area contributed by atoms with E-state index in [2.05, 4.69) is 35.5 Å². The van der Waals surface area contributed by atoms with Crippen LogP contribution < -0.4 is 15.5 Å². The molecule has 180 valence electrons. The molecule has 0 spiro atoms. The van der Waals surface area contributed by atoms with Gasteiger partial charge in [-0.3, -0.25) is 4.98 Å². The van der Waals surface area contributed by atoms with Gasteiger partial charge in [-0.25, -0.2) is 32.5 Å². The van der Waals surface area contributed by atoms with Gasteiger partial charge in [0.15, 0.2) is 5.82 Å². The number of rotatable bonds is 5. The van der Waals surface area contributed by atoms with E-state index in [4.69, 9.17) is 0 Å². The van der Waals surface area contributed by atoms with Crippen molar-refractivity contribution in [1.29, 1.82) is 0 Å². The van der Waals surface area contributed by atoms with Gasteiger partial charge >= 0.3 is 0 Å². The normalized spacial score (nSPS) is 14.1. The molecule has 1 aromatic carbocycles. The smallest absolute Gasteiger partial charge is 0.264 e. The first kappa shape index (κ1) is 22.9. The Balaban J connectivity index is 1.46. The number of nitrogens with one attached hydrogen (secondary N) is 2. The molecule has 0 atom stereocenters. The Morgan fingerprint density at radius 1 is 0.971 bits per heavy atom. The van der Waals surface area contributed by atoms with Crippen LogP contribution in [-0.4, -0.2) is 46.1 Å². The van der Waals surface area contributed by atoms with Crippen LogP contribution in [0.4, 0.5) is 35.0 Å². The molecular formula is C24H21F4N7. The van der Waals surface area contributed by atoms with Gasteiger partial charge in [0.25, 0.3) is 6.43 Å². The third-order valence-corrected chi connectivity index (χ3v) is 5.75. The summed E-state index contributed by atoms with van der Waals surface area (Å²) >= 11 is 0. The summed E-state index contributed by atoms with van der Waals surface area (Å²) in [7, 11) is 0. The number of benzene rings is 1. The van der Waals surface area contributed by atoms with Crippen molar-refractivity contribution >= 4 is 28.4 Å². The first-order valence-electron chi connectivity index (χ1n) is 11.0. The molecule has 1 saturated heterocycles. The maximum Gasteiger partial charge on any atom is 0.264 e. The highest BCUT2D eigenvalue weighted by atomic mass is 19.3. The van der Waals surface area contributed by atoms with Crippen LogP contribution in [0.15, 0.2) is 42.7 Å². The predicted molar refractivity (Wildman–Crippen MR) is 125 cm³/mol. The number of anilines is 3. The van der Waals surface area contributed by atoms with Gasteiger partial charge in [-0.15, -0.1) is 0 Å². The van der Waals surface area contributed by atoms with Gasteiger partial charge in [0.05, 0.1) is 18.1 Å². The zero-order valence-corrected chi connectivity index (χ0v) is 18.7. The average molecular weight is 483 g/mol. The fourth-order valence-corrected chi connectivity index (χ4v) is 4.08. The highest BCUT2D eigenvalue weighted by molar-refractivity contribution is 5.88. The topological polar surface area (TPSA) is 78.9 Å². The zero-order chi connectivity index (χ0) is 24.5. The molecule has 35 heavy (non-hydrogen) atoms. The van der Waals surface area contributed by atoms with E-state index >= 15 is 0 Å². The summed E-state index contributed by atoms with van der Waals surface area (Å²) in [5.74, 6) is -1.21. The minimum Gasteiger partial charge on any atom is -0.368 e. The molecule has 3 aromatic heterocycles. The van der Waals surface area contributed by atoms with E-state index in [0.29, 0.717) is 5.82 Å². The van der Waals surface area contributed by atoms with Gasteiger partial charge in [-0.2, -0.15) is 0 Å². The second-order valence-electron chi connectivity index (χ2n) is 8.16. The lowest BCUT2D eigenvalue weighted by atomic mass is 10.0. The zero-order valence-electron chi connectivity index (χ0n) is 18.7. The molecule has 2 N–H and O–H groups in total.